The molecule has 5 nitrogen and oxygen atoms in total. The van der Waals surface area contributed by atoms with Crippen LogP contribution in [0.2, 0.25) is 5.02 Å². The molecule has 1 aliphatic heterocycles. The number of ether oxygens (including phenoxy) is 1. The minimum absolute atomic E-state index is 0.0157. The van der Waals surface area contributed by atoms with E-state index in [2.05, 4.69) is 13.8 Å². The molecule has 3 aromatic rings. The Kier molecular flexibility index (Phi) is 5.35. The lowest BCUT2D eigenvalue weighted by molar-refractivity contribution is -0.0379. The highest BCUT2D eigenvalue weighted by molar-refractivity contribution is 7.18. The van der Waals surface area contributed by atoms with Crippen LogP contribution < -0.4 is 11.2 Å². The number of thiophene rings is 1. The van der Waals surface area contributed by atoms with Gasteiger partial charge >= 0.3 is 5.69 Å². The summed E-state index contributed by atoms with van der Waals surface area (Å²) in [5, 5.41) is 1.38. The van der Waals surface area contributed by atoms with E-state index in [1.54, 1.807) is 9.13 Å². The van der Waals surface area contributed by atoms with Gasteiger partial charge in [-0.1, -0.05) is 43.0 Å². The Labute approximate surface area is 190 Å². The molecule has 3 heterocycles. The van der Waals surface area contributed by atoms with E-state index >= 15 is 0 Å². The Bertz CT molecular complexity index is 1250. The van der Waals surface area contributed by atoms with Crippen LogP contribution >= 0.6 is 22.9 Å². The maximum absolute atomic E-state index is 13.7. The molecule has 0 unspecified atom stereocenters. The fourth-order valence-electron chi connectivity index (χ4n) is 4.95. The second-order valence-electron chi connectivity index (χ2n) is 9.37. The van der Waals surface area contributed by atoms with Crippen molar-refractivity contribution >= 4 is 33.2 Å². The molecule has 7 heteroatoms. The molecule has 0 spiro atoms. The third-order valence-electron chi connectivity index (χ3n) is 6.58. The van der Waals surface area contributed by atoms with Gasteiger partial charge in [0.05, 0.1) is 24.1 Å². The Morgan fingerprint density at radius 2 is 1.84 bits per heavy atom. The number of hydrogen-bond acceptors (Lipinski definition) is 4. The molecule has 2 aliphatic rings. The smallest absolute Gasteiger partial charge is 0.332 e. The highest BCUT2D eigenvalue weighted by atomic mass is 35.5. The summed E-state index contributed by atoms with van der Waals surface area (Å²) in [4.78, 5) is 29.3. The third-order valence-corrected chi connectivity index (χ3v) is 8.06. The van der Waals surface area contributed by atoms with Gasteiger partial charge in [0.15, 0.2) is 0 Å². The van der Waals surface area contributed by atoms with Gasteiger partial charge < -0.3 is 4.74 Å². The van der Waals surface area contributed by atoms with Crippen molar-refractivity contribution in [2.75, 3.05) is 0 Å². The van der Waals surface area contributed by atoms with Crippen LogP contribution in [0.4, 0.5) is 0 Å². The molecule has 1 aromatic carbocycles. The molecule has 1 saturated carbocycles. The van der Waals surface area contributed by atoms with Crippen molar-refractivity contribution in [3.05, 3.63) is 66.1 Å². The van der Waals surface area contributed by atoms with Crippen molar-refractivity contribution in [3.63, 3.8) is 0 Å². The lowest BCUT2D eigenvalue weighted by atomic mass is 9.93. The van der Waals surface area contributed by atoms with Crippen LogP contribution in [-0.4, -0.2) is 14.7 Å². The largest absolute Gasteiger partial charge is 0.370 e. The van der Waals surface area contributed by atoms with Crippen molar-refractivity contribution < 1.29 is 4.74 Å². The monoisotopic (exact) mass is 458 g/mol. The fourth-order valence-corrected chi connectivity index (χ4v) is 6.29. The number of rotatable bonds is 3. The summed E-state index contributed by atoms with van der Waals surface area (Å²) in [6, 6.07) is 7.54. The first-order valence-electron chi connectivity index (χ1n) is 11.0. The van der Waals surface area contributed by atoms with Gasteiger partial charge in [0.1, 0.15) is 4.83 Å². The van der Waals surface area contributed by atoms with Gasteiger partial charge in [-0.25, -0.2) is 4.79 Å². The lowest BCUT2D eigenvalue weighted by Gasteiger charge is -2.30. The number of halogens is 1. The molecule has 0 N–H and O–H groups in total. The number of hydrogen-bond donors (Lipinski definition) is 0. The van der Waals surface area contributed by atoms with Gasteiger partial charge in [0.25, 0.3) is 5.56 Å². The van der Waals surface area contributed by atoms with Crippen molar-refractivity contribution in [2.45, 2.75) is 77.2 Å². The molecule has 164 valence electrons. The summed E-state index contributed by atoms with van der Waals surface area (Å²) < 4.78 is 9.37. The highest BCUT2D eigenvalue weighted by Gasteiger charge is 2.33. The summed E-state index contributed by atoms with van der Waals surface area (Å²) in [6.07, 6.45) is 5.76. The minimum Gasteiger partial charge on any atom is -0.370 e. The van der Waals surface area contributed by atoms with E-state index in [1.165, 1.54) is 17.8 Å². The summed E-state index contributed by atoms with van der Waals surface area (Å²) in [5.74, 6) is 0. The van der Waals surface area contributed by atoms with E-state index in [0.717, 1.165) is 51.9 Å². The van der Waals surface area contributed by atoms with E-state index in [9.17, 15) is 9.59 Å². The molecule has 0 radical (unpaired) electrons. The summed E-state index contributed by atoms with van der Waals surface area (Å²) in [5.41, 5.74) is 1.42. The molecular formula is C24H27ClN2O3S. The molecule has 0 bridgehead atoms. The summed E-state index contributed by atoms with van der Waals surface area (Å²) in [6.45, 7) is 5.02. The molecule has 5 rings (SSSR count). The quantitative estimate of drug-likeness (QED) is 0.536. The molecule has 1 fully saturated rings. The first-order chi connectivity index (χ1) is 14.8. The van der Waals surface area contributed by atoms with E-state index in [4.69, 9.17) is 16.3 Å². The van der Waals surface area contributed by atoms with Gasteiger partial charge in [0, 0.05) is 22.4 Å². The maximum atomic E-state index is 13.7. The predicted molar refractivity (Wildman–Crippen MR) is 126 cm³/mol. The highest BCUT2D eigenvalue weighted by Crippen LogP contribution is 2.38. The van der Waals surface area contributed by atoms with Crippen LogP contribution in [0.5, 0.6) is 0 Å². The molecule has 0 amide bonds. The Balaban J connectivity index is 1.76. The number of nitrogens with zero attached hydrogens (tertiary/aromatic N) is 2. The molecule has 0 saturated heterocycles. The zero-order valence-electron chi connectivity index (χ0n) is 17.9. The van der Waals surface area contributed by atoms with Crippen LogP contribution in [0.3, 0.4) is 0 Å². The van der Waals surface area contributed by atoms with Crippen LogP contribution in [0.1, 0.15) is 68.0 Å². The zero-order chi connectivity index (χ0) is 21.8. The van der Waals surface area contributed by atoms with Crippen LogP contribution in [0.15, 0.2) is 33.9 Å². The molecule has 2 aromatic heterocycles. The van der Waals surface area contributed by atoms with Gasteiger partial charge in [-0.2, -0.15) is 0 Å². The second kappa shape index (κ2) is 7.91. The normalized spacial score (nSPS) is 18.9. The van der Waals surface area contributed by atoms with Gasteiger partial charge in [0.2, 0.25) is 0 Å². The number of benzene rings is 1. The van der Waals surface area contributed by atoms with Gasteiger partial charge in [-0.3, -0.25) is 13.9 Å². The molecular weight excluding hydrogens is 432 g/mol. The average Bonchev–Trinajstić information content (AvgIpc) is 3.11. The topological polar surface area (TPSA) is 53.2 Å². The van der Waals surface area contributed by atoms with Crippen molar-refractivity contribution in [1.82, 2.24) is 9.13 Å². The van der Waals surface area contributed by atoms with Crippen molar-refractivity contribution in [1.29, 1.82) is 0 Å². The number of fused-ring (bicyclic) bond motifs is 3. The average molecular weight is 459 g/mol. The third kappa shape index (κ3) is 3.79. The van der Waals surface area contributed by atoms with Gasteiger partial charge in [-0.05, 0) is 49.9 Å². The Hall–Kier alpha value is -1.89. The summed E-state index contributed by atoms with van der Waals surface area (Å²) in [7, 11) is 0. The number of aromatic nitrogens is 2. The lowest BCUT2D eigenvalue weighted by Crippen LogP contribution is -2.43. The van der Waals surface area contributed by atoms with E-state index in [-0.39, 0.29) is 22.9 Å². The van der Waals surface area contributed by atoms with Crippen molar-refractivity contribution in [3.8, 4) is 0 Å². The standard InChI is InChI=1S/C24H27ClN2O3S/c1-24(2)12-18-19(14-30-24)31-22-20(18)21(28)27(17-6-4-3-5-7-17)23(29)26(22)13-15-8-10-16(25)11-9-15/h8-11,17H,3-7,12-14H2,1-2H3. The first-order valence-corrected chi connectivity index (χ1v) is 12.2. The van der Waals surface area contributed by atoms with Crippen LogP contribution in [-0.2, 0) is 24.3 Å². The van der Waals surface area contributed by atoms with E-state index in [1.807, 2.05) is 24.3 Å². The van der Waals surface area contributed by atoms with Crippen LogP contribution in [0.25, 0.3) is 10.2 Å². The van der Waals surface area contributed by atoms with Gasteiger partial charge in [-0.15, -0.1) is 11.3 Å². The second-order valence-corrected chi connectivity index (χ2v) is 10.9. The van der Waals surface area contributed by atoms with E-state index < -0.39 is 0 Å². The summed E-state index contributed by atoms with van der Waals surface area (Å²) >= 11 is 7.59. The molecule has 31 heavy (non-hydrogen) atoms. The van der Waals surface area contributed by atoms with Crippen LogP contribution in [0, 0.1) is 0 Å². The molecule has 0 atom stereocenters. The van der Waals surface area contributed by atoms with E-state index in [0.29, 0.717) is 24.6 Å². The Morgan fingerprint density at radius 1 is 1.13 bits per heavy atom. The fraction of sp³-hybridized carbons (Fsp3) is 0.500. The predicted octanol–water partition coefficient (Wildman–Crippen LogP) is 5.28. The Morgan fingerprint density at radius 3 is 2.55 bits per heavy atom. The molecule has 1 aliphatic carbocycles. The zero-order valence-corrected chi connectivity index (χ0v) is 19.5. The maximum Gasteiger partial charge on any atom is 0.332 e. The first kappa shape index (κ1) is 21.0. The SMILES string of the molecule is CC1(C)Cc2c(sc3c2c(=O)n(C2CCCCC2)c(=O)n3Cc2ccc(Cl)cc2)CO1. The van der Waals surface area contributed by atoms with Crippen molar-refractivity contribution in [2.24, 2.45) is 0 Å². The minimum atomic E-state index is -0.319.